The molecule has 4 nitrogen and oxygen atoms in total. The quantitative estimate of drug-likeness (QED) is 0.563. The number of benzene rings is 2. The van der Waals surface area contributed by atoms with Gasteiger partial charge in [-0.15, -0.1) is 0 Å². The van der Waals surface area contributed by atoms with Crippen LogP contribution in [-0.2, 0) is 0 Å². The zero-order valence-electron chi connectivity index (χ0n) is 10.4. The number of hydrogen-bond donors (Lipinski definition) is 1. The molecule has 1 heterocycles. The van der Waals surface area contributed by atoms with Gasteiger partial charge in [0.25, 0.3) is 0 Å². The van der Waals surface area contributed by atoms with Gasteiger partial charge in [-0.2, -0.15) is 0 Å². The Bertz CT molecular complexity index is 729. The standard InChI is InChI=1S/C15H12N2O2/c1-10-2-4-11(5-3-10)15(18)19-12-6-7-13-14(8-12)17-9-16-13/h2-9H,1H3,(H,16,17). The monoisotopic (exact) mass is 252 g/mol. The lowest BCUT2D eigenvalue weighted by atomic mass is 10.1. The summed E-state index contributed by atoms with van der Waals surface area (Å²) < 4.78 is 5.33. The molecule has 0 saturated heterocycles. The van der Waals surface area contributed by atoms with Gasteiger partial charge in [-0.25, -0.2) is 9.78 Å². The van der Waals surface area contributed by atoms with Crippen LogP contribution in [-0.4, -0.2) is 15.9 Å². The topological polar surface area (TPSA) is 55.0 Å². The Morgan fingerprint density at radius 2 is 1.95 bits per heavy atom. The summed E-state index contributed by atoms with van der Waals surface area (Å²) in [5, 5.41) is 0. The van der Waals surface area contributed by atoms with Crippen LogP contribution in [0.15, 0.2) is 48.8 Å². The number of aryl methyl sites for hydroxylation is 1. The summed E-state index contributed by atoms with van der Waals surface area (Å²) in [5.41, 5.74) is 3.33. The van der Waals surface area contributed by atoms with Crippen LogP contribution in [0.4, 0.5) is 0 Å². The van der Waals surface area contributed by atoms with Crippen LogP contribution in [0.5, 0.6) is 5.75 Å². The zero-order valence-corrected chi connectivity index (χ0v) is 10.4. The summed E-state index contributed by atoms with van der Waals surface area (Å²) in [6, 6.07) is 12.6. The molecule has 4 heteroatoms. The molecule has 3 aromatic rings. The minimum Gasteiger partial charge on any atom is -0.423 e. The van der Waals surface area contributed by atoms with E-state index >= 15 is 0 Å². The van der Waals surface area contributed by atoms with Gasteiger partial charge in [0.15, 0.2) is 0 Å². The maximum atomic E-state index is 12.0. The van der Waals surface area contributed by atoms with Crippen molar-refractivity contribution in [3.8, 4) is 5.75 Å². The van der Waals surface area contributed by atoms with Crippen LogP contribution >= 0.6 is 0 Å². The fraction of sp³-hybridized carbons (Fsp3) is 0.0667. The van der Waals surface area contributed by atoms with E-state index < -0.39 is 0 Å². The molecule has 0 aliphatic carbocycles. The summed E-state index contributed by atoms with van der Waals surface area (Å²) >= 11 is 0. The van der Waals surface area contributed by atoms with Gasteiger partial charge in [-0.3, -0.25) is 0 Å². The van der Waals surface area contributed by atoms with Crippen LogP contribution in [0, 0.1) is 6.92 Å². The highest BCUT2D eigenvalue weighted by atomic mass is 16.5. The van der Waals surface area contributed by atoms with E-state index in [9.17, 15) is 4.79 Å². The van der Waals surface area contributed by atoms with Gasteiger partial charge in [0.2, 0.25) is 0 Å². The summed E-state index contributed by atoms with van der Waals surface area (Å²) in [4.78, 5) is 19.0. The van der Waals surface area contributed by atoms with Crippen molar-refractivity contribution < 1.29 is 9.53 Å². The number of aromatic amines is 1. The van der Waals surface area contributed by atoms with Crippen LogP contribution in [0.1, 0.15) is 15.9 Å². The number of nitrogens with zero attached hydrogens (tertiary/aromatic N) is 1. The van der Waals surface area contributed by atoms with Gasteiger partial charge in [0.1, 0.15) is 5.75 Å². The van der Waals surface area contributed by atoms with E-state index in [4.69, 9.17) is 4.74 Å². The van der Waals surface area contributed by atoms with Crippen molar-refractivity contribution in [2.24, 2.45) is 0 Å². The number of carbonyl (C=O) groups is 1. The molecule has 0 bridgehead atoms. The van der Waals surface area contributed by atoms with Gasteiger partial charge in [0.05, 0.1) is 22.9 Å². The van der Waals surface area contributed by atoms with Gasteiger partial charge < -0.3 is 9.72 Å². The zero-order chi connectivity index (χ0) is 13.2. The molecule has 0 atom stereocenters. The first kappa shape index (κ1) is 11.5. The van der Waals surface area contributed by atoms with Crippen LogP contribution in [0.3, 0.4) is 0 Å². The van der Waals surface area contributed by atoms with Crippen molar-refractivity contribution in [3.63, 3.8) is 0 Å². The third-order valence-corrected chi connectivity index (χ3v) is 2.89. The summed E-state index contributed by atoms with van der Waals surface area (Å²) in [7, 11) is 0. The molecule has 0 aliphatic rings. The lowest BCUT2D eigenvalue weighted by Crippen LogP contribution is -2.08. The largest absolute Gasteiger partial charge is 0.423 e. The molecule has 1 N–H and O–H groups in total. The highest BCUT2D eigenvalue weighted by molar-refractivity contribution is 5.91. The molecule has 0 saturated carbocycles. The Morgan fingerprint density at radius 3 is 2.74 bits per heavy atom. The molecule has 1 aromatic heterocycles. The number of imidazole rings is 1. The van der Waals surface area contributed by atoms with Crippen molar-refractivity contribution in [2.75, 3.05) is 0 Å². The number of H-pyrrole nitrogens is 1. The van der Waals surface area contributed by atoms with E-state index in [0.29, 0.717) is 11.3 Å². The Hall–Kier alpha value is -2.62. The molecule has 0 radical (unpaired) electrons. The molecule has 0 spiro atoms. The number of carbonyl (C=O) groups excluding carboxylic acids is 1. The number of nitrogens with one attached hydrogen (secondary N) is 1. The van der Waals surface area contributed by atoms with E-state index in [1.165, 1.54) is 0 Å². The van der Waals surface area contributed by atoms with E-state index in [0.717, 1.165) is 16.6 Å². The smallest absolute Gasteiger partial charge is 0.343 e. The molecule has 0 aliphatic heterocycles. The Kier molecular flexibility index (Phi) is 2.76. The second kappa shape index (κ2) is 4.57. The van der Waals surface area contributed by atoms with Crippen LogP contribution in [0.25, 0.3) is 11.0 Å². The van der Waals surface area contributed by atoms with Crippen molar-refractivity contribution in [1.82, 2.24) is 9.97 Å². The van der Waals surface area contributed by atoms with E-state index in [2.05, 4.69) is 9.97 Å². The van der Waals surface area contributed by atoms with Crippen molar-refractivity contribution >= 4 is 17.0 Å². The number of aromatic nitrogens is 2. The molecule has 3 rings (SSSR count). The molecule has 94 valence electrons. The summed E-state index contributed by atoms with van der Waals surface area (Å²) in [6.07, 6.45) is 1.61. The number of hydrogen-bond acceptors (Lipinski definition) is 3. The highest BCUT2D eigenvalue weighted by Crippen LogP contribution is 2.19. The lowest BCUT2D eigenvalue weighted by Gasteiger charge is -2.04. The number of ether oxygens (including phenoxy) is 1. The Balaban J connectivity index is 1.83. The van der Waals surface area contributed by atoms with Crippen molar-refractivity contribution in [1.29, 1.82) is 0 Å². The predicted molar refractivity (Wildman–Crippen MR) is 72.2 cm³/mol. The van der Waals surface area contributed by atoms with Gasteiger partial charge in [-0.1, -0.05) is 17.7 Å². The number of rotatable bonds is 2. The first-order valence-electron chi connectivity index (χ1n) is 5.94. The van der Waals surface area contributed by atoms with Gasteiger partial charge in [-0.05, 0) is 31.2 Å². The van der Waals surface area contributed by atoms with Crippen molar-refractivity contribution in [2.45, 2.75) is 6.92 Å². The minimum atomic E-state index is -0.362. The number of fused-ring (bicyclic) bond motifs is 1. The fourth-order valence-corrected chi connectivity index (χ4v) is 1.83. The lowest BCUT2D eigenvalue weighted by molar-refractivity contribution is 0.0735. The second-order valence-corrected chi connectivity index (χ2v) is 4.34. The molecular formula is C15H12N2O2. The van der Waals surface area contributed by atoms with Crippen LogP contribution < -0.4 is 4.74 Å². The van der Waals surface area contributed by atoms with E-state index in [1.807, 2.05) is 25.1 Å². The van der Waals surface area contributed by atoms with E-state index in [1.54, 1.807) is 30.6 Å². The first-order chi connectivity index (χ1) is 9.22. The molecule has 0 unspecified atom stereocenters. The van der Waals surface area contributed by atoms with Gasteiger partial charge in [0, 0.05) is 6.07 Å². The SMILES string of the molecule is Cc1ccc(C(=O)Oc2ccc3nc[nH]c3c2)cc1. The Labute approximate surface area is 110 Å². The molecule has 2 aromatic carbocycles. The fourth-order valence-electron chi connectivity index (χ4n) is 1.83. The second-order valence-electron chi connectivity index (χ2n) is 4.34. The first-order valence-corrected chi connectivity index (χ1v) is 5.94. The van der Waals surface area contributed by atoms with Crippen molar-refractivity contribution in [3.05, 3.63) is 59.9 Å². The average molecular weight is 252 g/mol. The maximum absolute atomic E-state index is 12.0. The van der Waals surface area contributed by atoms with Crippen LogP contribution in [0.2, 0.25) is 0 Å². The molecular weight excluding hydrogens is 240 g/mol. The average Bonchev–Trinajstić information content (AvgIpc) is 2.87. The normalized spacial score (nSPS) is 10.6. The van der Waals surface area contributed by atoms with Gasteiger partial charge >= 0.3 is 5.97 Å². The summed E-state index contributed by atoms with van der Waals surface area (Å²) in [5.74, 6) is 0.140. The predicted octanol–water partition coefficient (Wildman–Crippen LogP) is 3.09. The number of esters is 1. The molecule has 0 fully saturated rings. The maximum Gasteiger partial charge on any atom is 0.343 e. The third kappa shape index (κ3) is 2.33. The Morgan fingerprint density at radius 1 is 1.16 bits per heavy atom. The summed E-state index contributed by atoms with van der Waals surface area (Å²) in [6.45, 7) is 1.97. The molecule has 19 heavy (non-hydrogen) atoms. The highest BCUT2D eigenvalue weighted by Gasteiger charge is 2.08. The van der Waals surface area contributed by atoms with E-state index in [-0.39, 0.29) is 5.97 Å². The third-order valence-electron chi connectivity index (χ3n) is 2.89. The minimum absolute atomic E-state index is 0.362. The molecule has 0 amide bonds.